The van der Waals surface area contributed by atoms with E-state index >= 15 is 0 Å². The highest BCUT2D eigenvalue weighted by Gasteiger charge is 2.26. The third-order valence-corrected chi connectivity index (χ3v) is 10.7. The van der Waals surface area contributed by atoms with Gasteiger partial charge in [0.05, 0.1) is 5.52 Å². The van der Waals surface area contributed by atoms with E-state index in [0.29, 0.717) is 23.2 Å². The Balaban J connectivity index is 1.21. The number of aromatic nitrogens is 1. The highest BCUT2D eigenvalue weighted by molar-refractivity contribution is 5.96. The molecule has 0 saturated carbocycles. The first-order valence-electron chi connectivity index (χ1n) is 17.1. The summed E-state index contributed by atoms with van der Waals surface area (Å²) in [6.07, 6.45) is 12.0. The van der Waals surface area contributed by atoms with Crippen molar-refractivity contribution in [2.24, 2.45) is 5.41 Å². The number of fused-ring (bicyclic) bond motifs is 2. The number of rotatable bonds is 8. The highest BCUT2D eigenvalue weighted by Crippen LogP contribution is 2.39. The lowest BCUT2D eigenvalue weighted by Crippen LogP contribution is -2.37. The molecule has 1 aliphatic carbocycles. The molecule has 2 aliphatic rings. The van der Waals surface area contributed by atoms with Gasteiger partial charge in [0.15, 0.2) is 0 Å². The van der Waals surface area contributed by atoms with Crippen molar-refractivity contribution in [2.75, 3.05) is 18.0 Å². The van der Waals surface area contributed by atoms with Crippen LogP contribution in [0.5, 0.6) is 0 Å². The summed E-state index contributed by atoms with van der Waals surface area (Å²) in [5, 5.41) is 1.31. The second kappa shape index (κ2) is 12.5. The van der Waals surface area contributed by atoms with Gasteiger partial charge < -0.3 is 4.90 Å². The predicted molar refractivity (Wildman–Crippen MR) is 186 cm³/mol. The van der Waals surface area contributed by atoms with Crippen molar-refractivity contribution >= 4 is 16.6 Å². The van der Waals surface area contributed by atoms with E-state index in [2.05, 4.69) is 113 Å². The summed E-state index contributed by atoms with van der Waals surface area (Å²) in [6, 6.07) is 23.5. The molecule has 4 aromatic rings. The van der Waals surface area contributed by atoms with Crippen molar-refractivity contribution in [3.63, 3.8) is 0 Å². The number of anilines is 1. The zero-order valence-electron chi connectivity index (χ0n) is 27.5. The van der Waals surface area contributed by atoms with E-state index in [9.17, 15) is 0 Å². The fraction of sp³-hybridized carbons (Fsp3) is 0.488. The molecule has 2 nitrogen and oxygen atoms in total. The van der Waals surface area contributed by atoms with E-state index in [4.69, 9.17) is 4.98 Å². The first-order valence-corrected chi connectivity index (χ1v) is 17.1. The lowest BCUT2D eigenvalue weighted by Gasteiger charge is -2.38. The average Bonchev–Trinajstić information content (AvgIpc) is 3.02. The molecule has 1 aliphatic heterocycles. The van der Waals surface area contributed by atoms with Crippen molar-refractivity contribution in [3.05, 3.63) is 94.7 Å². The molecule has 43 heavy (non-hydrogen) atoms. The van der Waals surface area contributed by atoms with Crippen molar-refractivity contribution in [1.29, 1.82) is 0 Å². The lowest BCUT2D eigenvalue weighted by molar-refractivity contribution is 0.280. The van der Waals surface area contributed by atoms with Gasteiger partial charge in [-0.15, -0.1) is 0 Å². The van der Waals surface area contributed by atoms with Crippen LogP contribution in [0.4, 0.5) is 5.69 Å². The van der Waals surface area contributed by atoms with E-state index < -0.39 is 0 Å². The molecular weight excluding hydrogens is 520 g/mol. The van der Waals surface area contributed by atoms with Gasteiger partial charge in [0.2, 0.25) is 0 Å². The minimum absolute atomic E-state index is 0.468. The van der Waals surface area contributed by atoms with Gasteiger partial charge in [-0.25, -0.2) is 0 Å². The van der Waals surface area contributed by atoms with E-state index in [1.54, 1.807) is 11.1 Å². The number of aryl methyl sites for hydroxylation is 1. The summed E-state index contributed by atoms with van der Waals surface area (Å²) >= 11 is 0. The van der Waals surface area contributed by atoms with Crippen molar-refractivity contribution in [2.45, 2.75) is 111 Å². The van der Waals surface area contributed by atoms with Crippen LogP contribution < -0.4 is 4.90 Å². The molecule has 2 unspecified atom stereocenters. The average molecular weight is 573 g/mol. The van der Waals surface area contributed by atoms with Crippen LogP contribution in [0.1, 0.15) is 126 Å². The van der Waals surface area contributed by atoms with Crippen LogP contribution in [0.25, 0.3) is 22.0 Å². The number of hydrogen-bond donors (Lipinski definition) is 0. The molecule has 2 atom stereocenters. The van der Waals surface area contributed by atoms with Crippen molar-refractivity contribution < 1.29 is 0 Å². The minimum Gasteiger partial charge on any atom is -0.371 e. The molecule has 3 aromatic carbocycles. The Kier molecular flexibility index (Phi) is 8.67. The van der Waals surface area contributed by atoms with E-state index in [1.165, 1.54) is 96.9 Å². The highest BCUT2D eigenvalue weighted by atomic mass is 15.1. The maximum absolute atomic E-state index is 5.01. The second-order valence-corrected chi connectivity index (χ2v) is 14.8. The van der Waals surface area contributed by atoms with Gasteiger partial charge in [-0.1, -0.05) is 77.9 Å². The van der Waals surface area contributed by atoms with Crippen LogP contribution in [-0.4, -0.2) is 18.1 Å². The summed E-state index contributed by atoms with van der Waals surface area (Å²) in [6.45, 7) is 16.6. The fourth-order valence-corrected chi connectivity index (χ4v) is 7.37. The Morgan fingerprint density at radius 3 is 2.23 bits per heavy atom. The van der Waals surface area contributed by atoms with Crippen LogP contribution in [0.2, 0.25) is 0 Å². The zero-order chi connectivity index (χ0) is 30.1. The SMILES string of the molecule is CC(C)c1cc2c(c(-c3cccc4ncc(C(C)CCC(C)c5cccc(N6CCC(C)(C)CC6)c5)cc34)c1)CCCC2. The molecule has 1 aromatic heterocycles. The lowest BCUT2D eigenvalue weighted by atomic mass is 9.82. The zero-order valence-corrected chi connectivity index (χ0v) is 27.5. The molecular formula is C41H52N2. The molecule has 1 saturated heterocycles. The quantitative estimate of drug-likeness (QED) is 0.209. The first kappa shape index (κ1) is 29.9. The normalized spacial score (nSPS) is 18.1. The summed E-state index contributed by atoms with van der Waals surface area (Å²) in [5.41, 5.74) is 13.3. The van der Waals surface area contributed by atoms with Crippen LogP contribution in [-0.2, 0) is 12.8 Å². The Bertz CT molecular complexity index is 1570. The maximum atomic E-state index is 5.01. The topological polar surface area (TPSA) is 16.1 Å². The van der Waals surface area contributed by atoms with Gasteiger partial charge >= 0.3 is 0 Å². The predicted octanol–water partition coefficient (Wildman–Crippen LogP) is 11.2. The monoisotopic (exact) mass is 572 g/mol. The van der Waals surface area contributed by atoms with E-state index in [-0.39, 0.29) is 0 Å². The first-order chi connectivity index (χ1) is 20.7. The number of pyridine rings is 1. The number of hydrogen-bond acceptors (Lipinski definition) is 2. The minimum atomic E-state index is 0.468. The van der Waals surface area contributed by atoms with Crippen LogP contribution in [0.3, 0.4) is 0 Å². The molecule has 2 heteroatoms. The van der Waals surface area contributed by atoms with E-state index in [0.717, 1.165) is 11.9 Å². The largest absolute Gasteiger partial charge is 0.371 e. The Morgan fingerprint density at radius 2 is 1.47 bits per heavy atom. The molecule has 1 fully saturated rings. The Hall–Kier alpha value is -3.13. The van der Waals surface area contributed by atoms with Gasteiger partial charge in [-0.3, -0.25) is 4.98 Å². The van der Waals surface area contributed by atoms with Gasteiger partial charge in [-0.2, -0.15) is 0 Å². The maximum Gasteiger partial charge on any atom is 0.0708 e. The van der Waals surface area contributed by atoms with Gasteiger partial charge in [0.1, 0.15) is 0 Å². The van der Waals surface area contributed by atoms with Crippen LogP contribution in [0.15, 0.2) is 66.9 Å². The van der Waals surface area contributed by atoms with Crippen molar-refractivity contribution in [3.8, 4) is 11.1 Å². The molecule has 6 rings (SSSR count). The third-order valence-electron chi connectivity index (χ3n) is 10.7. The number of benzene rings is 3. The summed E-state index contributed by atoms with van der Waals surface area (Å²) < 4.78 is 0. The number of piperidine rings is 1. The molecule has 0 radical (unpaired) electrons. The van der Waals surface area contributed by atoms with Crippen molar-refractivity contribution in [1.82, 2.24) is 4.98 Å². The molecule has 0 bridgehead atoms. The molecule has 0 spiro atoms. The summed E-state index contributed by atoms with van der Waals surface area (Å²) in [4.78, 5) is 7.60. The van der Waals surface area contributed by atoms with E-state index in [1.807, 2.05) is 0 Å². The third kappa shape index (κ3) is 6.54. The Morgan fingerprint density at radius 1 is 0.744 bits per heavy atom. The van der Waals surface area contributed by atoms with Gasteiger partial charge in [0.25, 0.3) is 0 Å². The molecule has 0 N–H and O–H groups in total. The van der Waals surface area contributed by atoms with Crippen LogP contribution >= 0.6 is 0 Å². The standard InChI is InChI=1S/C41H52N2/c1-28(2)33-23-32-11-7-8-14-36(32)38(25-33)37-15-10-16-40-39(37)26-34(27-42-40)30(4)18-17-29(3)31-12-9-13-35(24-31)43-21-19-41(5,6)20-22-43/h9-10,12-13,15-16,23-30H,7-8,11,14,17-22H2,1-6H3. The Labute approximate surface area is 260 Å². The smallest absolute Gasteiger partial charge is 0.0708 e. The van der Waals surface area contributed by atoms with Crippen LogP contribution in [0, 0.1) is 5.41 Å². The summed E-state index contributed by atoms with van der Waals surface area (Å²) in [5.74, 6) is 1.54. The summed E-state index contributed by atoms with van der Waals surface area (Å²) in [7, 11) is 0. The fourth-order valence-electron chi connectivity index (χ4n) is 7.37. The molecule has 0 amide bonds. The van der Waals surface area contributed by atoms with Gasteiger partial charge in [0, 0.05) is 30.4 Å². The molecule has 226 valence electrons. The second-order valence-electron chi connectivity index (χ2n) is 14.8. The number of nitrogens with zero attached hydrogens (tertiary/aromatic N) is 2. The van der Waals surface area contributed by atoms with Gasteiger partial charge in [-0.05, 0) is 138 Å². The molecule has 2 heterocycles.